The quantitative estimate of drug-likeness (QED) is 0.863. The largest absolute Gasteiger partial charge is 0.304 e. The predicted octanol–water partition coefficient (Wildman–Crippen LogP) is 1.97. The van der Waals surface area contributed by atoms with E-state index in [0.29, 0.717) is 0 Å². The van der Waals surface area contributed by atoms with Crippen molar-refractivity contribution in [3.63, 3.8) is 0 Å². The second-order valence-corrected chi connectivity index (χ2v) is 4.66. The summed E-state index contributed by atoms with van der Waals surface area (Å²) in [5.41, 5.74) is 1.11. The minimum absolute atomic E-state index is 0.208. The fourth-order valence-corrected chi connectivity index (χ4v) is 2.47. The molecule has 2 heterocycles. The van der Waals surface area contributed by atoms with Crippen LogP contribution in [0, 0.1) is 0 Å². The number of hydrogen-bond donors (Lipinski definition) is 1. The molecule has 2 aromatic rings. The maximum Gasteiger partial charge on any atom is 0.0858 e. The van der Waals surface area contributed by atoms with Crippen LogP contribution >= 0.6 is 11.3 Å². The Morgan fingerprint density at radius 3 is 3.00 bits per heavy atom. The lowest BCUT2D eigenvalue weighted by molar-refractivity contribution is 0.556. The minimum atomic E-state index is 0.208. The van der Waals surface area contributed by atoms with Crippen molar-refractivity contribution < 1.29 is 0 Å². The lowest BCUT2D eigenvalue weighted by atomic mass is 10.2. The molecule has 0 radical (unpaired) electrons. The maximum absolute atomic E-state index is 3.99. The number of hydrogen-bond acceptors (Lipinski definition) is 4. The molecule has 0 spiro atoms. The molecule has 16 heavy (non-hydrogen) atoms. The molecule has 86 valence electrons. The fourth-order valence-electron chi connectivity index (χ4n) is 1.65. The molecule has 2 aromatic heterocycles. The van der Waals surface area contributed by atoms with Gasteiger partial charge in [0.05, 0.1) is 17.9 Å². The van der Waals surface area contributed by atoms with Gasteiger partial charge in [0.15, 0.2) is 0 Å². The Labute approximate surface area is 99.3 Å². The zero-order chi connectivity index (χ0) is 11.4. The van der Waals surface area contributed by atoms with Crippen LogP contribution in [0.4, 0.5) is 0 Å². The molecule has 0 bridgehead atoms. The van der Waals surface area contributed by atoms with Gasteiger partial charge in [-0.1, -0.05) is 18.2 Å². The number of nitrogens with one attached hydrogen (secondary N) is 1. The summed E-state index contributed by atoms with van der Waals surface area (Å²) >= 11 is 1.76. The highest BCUT2D eigenvalue weighted by molar-refractivity contribution is 7.10. The van der Waals surface area contributed by atoms with E-state index in [9.17, 15) is 0 Å². The number of aryl methyl sites for hydroxylation is 1. The molecule has 5 heteroatoms. The van der Waals surface area contributed by atoms with Crippen molar-refractivity contribution in [1.29, 1.82) is 0 Å². The first-order valence-corrected chi connectivity index (χ1v) is 6.32. The molecule has 2 rings (SSSR count). The molecule has 1 N–H and O–H groups in total. The van der Waals surface area contributed by atoms with Crippen LogP contribution < -0.4 is 5.32 Å². The summed E-state index contributed by atoms with van der Waals surface area (Å²) in [5.74, 6) is 0. The van der Waals surface area contributed by atoms with E-state index in [2.05, 4.69) is 40.1 Å². The molecule has 0 aromatic carbocycles. The van der Waals surface area contributed by atoms with E-state index in [1.54, 1.807) is 11.3 Å². The molecule has 0 aliphatic heterocycles. The number of nitrogens with zero attached hydrogens (tertiary/aromatic N) is 3. The smallest absolute Gasteiger partial charge is 0.0858 e. The Hall–Kier alpha value is -1.20. The third kappa shape index (κ3) is 2.31. The Morgan fingerprint density at radius 2 is 2.44 bits per heavy atom. The highest BCUT2D eigenvalue weighted by Gasteiger charge is 2.17. The molecule has 0 amide bonds. The Balaban J connectivity index is 2.25. The first-order chi connectivity index (χ1) is 7.83. The van der Waals surface area contributed by atoms with E-state index in [4.69, 9.17) is 0 Å². The van der Waals surface area contributed by atoms with Crippen LogP contribution in [-0.2, 0) is 7.05 Å². The van der Waals surface area contributed by atoms with Crippen molar-refractivity contribution in [2.24, 2.45) is 7.05 Å². The minimum Gasteiger partial charge on any atom is -0.304 e. The molecular weight excluding hydrogens is 220 g/mol. The molecule has 4 nitrogen and oxygen atoms in total. The Kier molecular flexibility index (Phi) is 3.69. The Morgan fingerprint density at radius 1 is 1.56 bits per heavy atom. The van der Waals surface area contributed by atoms with E-state index in [1.165, 1.54) is 4.88 Å². The van der Waals surface area contributed by atoms with Crippen molar-refractivity contribution in [1.82, 2.24) is 20.3 Å². The second kappa shape index (κ2) is 5.23. The number of rotatable bonds is 5. The van der Waals surface area contributed by atoms with E-state index in [1.807, 2.05) is 17.9 Å². The number of thiophene rings is 1. The zero-order valence-corrected chi connectivity index (χ0v) is 10.4. The maximum atomic E-state index is 3.99. The average Bonchev–Trinajstić information content (AvgIpc) is 2.91. The summed E-state index contributed by atoms with van der Waals surface area (Å²) < 4.78 is 1.83. The van der Waals surface area contributed by atoms with Crippen molar-refractivity contribution in [2.75, 3.05) is 6.54 Å². The number of aromatic nitrogens is 3. The van der Waals surface area contributed by atoms with E-state index >= 15 is 0 Å². The van der Waals surface area contributed by atoms with Gasteiger partial charge in [-0.15, -0.1) is 16.4 Å². The summed E-state index contributed by atoms with van der Waals surface area (Å²) in [5, 5.41) is 13.5. The lowest BCUT2D eigenvalue weighted by Gasteiger charge is -2.16. The van der Waals surface area contributed by atoms with Gasteiger partial charge in [-0.25, -0.2) is 0 Å². The van der Waals surface area contributed by atoms with Crippen molar-refractivity contribution in [3.05, 3.63) is 34.3 Å². The summed E-state index contributed by atoms with van der Waals surface area (Å²) in [6, 6.07) is 4.43. The highest BCUT2D eigenvalue weighted by Crippen LogP contribution is 2.24. The van der Waals surface area contributed by atoms with Gasteiger partial charge in [-0.05, 0) is 24.4 Å². The fraction of sp³-hybridized carbons (Fsp3) is 0.455. The molecule has 0 saturated heterocycles. The van der Waals surface area contributed by atoms with Gasteiger partial charge in [0.1, 0.15) is 0 Å². The summed E-state index contributed by atoms with van der Waals surface area (Å²) in [6.07, 6.45) is 2.94. The summed E-state index contributed by atoms with van der Waals surface area (Å²) in [4.78, 5) is 1.30. The average molecular weight is 236 g/mol. The Bertz CT molecular complexity index is 421. The van der Waals surface area contributed by atoms with Gasteiger partial charge in [0.25, 0.3) is 0 Å². The van der Waals surface area contributed by atoms with Crippen LogP contribution in [0.2, 0.25) is 0 Å². The van der Waals surface area contributed by atoms with Crippen molar-refractivity contribution >= 4 is 11.3 Å². The van der Waals surface area contributed by atoms with Crippen molar-refractivity contribution in [3.8, 4) is 0 Å². The van der Waals surface area contributed by atoms with Crippen molar-refractivity contribution in [2.45, 2.75) is 19.4 Å². The van der Waals surface area contributed by atoms with Crippen LogP contribution in [0.3, 0.4) is 0 Å². The van der Waals surface area contributed by atoms with Crippen LogP contribution in [0.5, 0.6) is 0 Å². The highest BCUT2D eigenvalue weighted by atomic mass is 32.1. The third-order valence-electron chi connectivity index (χ3n) is 2.47. The topological polar surface area (TPSA) is 42.7 Å². The van der Waals surface area contributed by atoms with Crippen LogP contribution in [0.25, 0.3) is 0 Å². The normalized spacial score (nSPS) is 12.9. The lowest BCUT2D eigenvalue weighted by Crippen LogP contribution is -2.24. The third-order valence-corrected chi connectivity index (χ3v) is 3.41. The van der Waals surface area contributed by atoms with Gasteiger partial charge in [-0.3, -0.25) is 4.68 Å². The molecule has 1 atom stereocenters. The molecular formula is C11H16N4S. The molecule has 0 fully saturated rings. The molecule has 0 aliphatic rings. The van der Waals surface area contributed by atoms with Gasteiger partial charge in [0.2, 0.25) is 0 Å². The van der Waals surface area contributed by atoms with E-state index in [0.717, 1.165) is 18.7 Å². The van der Waals surface area contributed by atoms with Gasteiger partial charge < -0.3 is 5.32 Å². The molecule has 0 saturated carbocycles. The summed E-state index contributed by atoms with van der Waals surface area (Å²) in [6.45, 7) is 3.16. The standard InChI is InChI=1S/C11H16N4S/c1-3-6-12-11(10-5-4-7-16-10)9-8-13-14-15(9)2/h4-5,7-8,11-12H,3,6H2,1-2H3. The molecule has 1 unspecified atom stereocenters. The van der Waals surface area contributed by atoms with Gasteiger partial charge in [0, 0.05) is 11.9 Å². The van der Waals surface area contributed by atoms with Crippen LogP contribution in [0.1, 0.15) is 30.0 Å². The predicted molar refractivity (Wildman–Crippen MR) is 65.5 cm³/mol. The SMILES string of the molecule is CCCNC(c1cccs1)c1cnnn1C. The van der Waals surface area contributed by atoms with Crippen LogP contribution in [-0.4, -0.2) is 21.5 Å². The van der Waals surface area contributed by atoms with Gasteiger partial charge in [-0.2, -0.15) is 0 Å². The zero-order valence-electron chi connectivity index (χ0n) is 9.55. The van der Waals surface area contributed by atoms with Gasteiger partial charge >= 0.3 is 0 Å². The van der Waals surface area contributed by atoms with E-state index < -0.39 is 0 Å². The molecule has 0 aliphatic carbocycles. The van der Waals surface area contributed by atoms with E-state index in [-0.39, 0.29) is 6.04 Å². The van der Waals surface area contributed by atoms with Crippen LogP contribution in [0.15, 0.2) is 23.7 Å². The first kappa shape index (κ1) is 11.3. The second-order valence-electron chi connectivity index (χ2n) is 3.69. The summed E-state index contributed by atoms with van der Waals surface area (Å²) in [7, 11) is 1.93. The first-order valence-electron chi connectivity index (χ1n) is 5.44. The monoisotopic (exact) mass is 236 g/mol.